The molecule has 0 radical (unpaired) electrons. The van der Waals surface area contributed by atoms with Gasteiger partial charge < -0.3 is 14.8 Å². The van der Waals surface area contributed by atoms with Crippen LogP contribution >= 0.6 is 0 Å². The predicted molar refractivity (Wildman–Crippen MR) is 140 cm³/mol. The molecule has 1 unspecified atom stereocenters. The first kappa shape index (κ1) is 26.0. The molecule has 0 aliphatic heterocycles. The molecule has 1 aliphatic rings. The Kier molecular flexibility index (Phi) is 7.28. The minimum Gasteiger partial charge on any atom is -0.493 e. The SMILES string of the molecule is CCOc1ccc(S(=O)(=O)NC(C)[C@@H](O)c2ccccc2)cc1-c1nn2c(C3CCCC3)nnc2c(=O)[nH]1. The first-order valence-corrected chi connectivity index (χ1v) is 14.1. The number of nitrogens with zero attached hydrogens (tertiary/aromatic N) is 4. The Morgan fingerprint density at radius 1 is 1.16 bits per heavy atom. The summed E-state index contributed by atoms with van der Waals surface area (Å²) in [6.07, 6.45) is 3.00. The monoisotopic (exact) mass is 538 g/mol. The quantitative estimate of drug-likeness (QED) is 0.294. The topological polar surface area (TPSA) is 152 Å². The van der Waals surface area contributed by atoms with Gasteiger partial charge in [0.25, 0.3) is 5.56 Å². The first-order valence-electron chi connectivity index (χ1n) is 12.7. The van der Waals surface area contributed by atoms with E-state index in [1.165, 1.54) is 22.7 Å². The zero-order valence-corrected chi connectivity index (χ0v) is 22.0. The van der Waals surface area contributed by atoms with Gasteiger partial charge in [-0.05, 0) is 50.5 Å². The Hall–Kier alpha value is -3.61. The third kappa shape index (κ3) is 5.06. The van der Waals surface area contributed by atoms with Crippen molar-refractivity contribution in [2.75, 3.05) is 6.61 Å². The smallest absolute Gasteiger partial charge is 0.296 e. The molecule has 12 heteroatoms. The number of hydrogen-bond acceptors (Lipinski definition) is 8. The van der Waals surface area contributed by atoms with Gasteiger partial charge in [0, 0.05) is 12.0 Å². The summed E-state index contributed by atoms with van der Waals surface area (Å²) in [7, 11) is -4.05. The number of fused-ring (bicyclic) bond motifs is 1. The van der Waals surface area contributed by atoms with E-state index in [-0.39, 0.29) is 22.3 Å². The standard InChI is InChI=1S/C26H30N6O5S/c1-3-37-21-14-13-19(38(35,36)31-16(2)22(33)17-9-5-4-6-10-17)15-20(21)23-27-26(34)25-29-28-24(32(25)30-23)18-11-7-8-12-18/h4-6,9-10,13-16,18,22,31,33H,3,7-8,11-12H2,1-2H3,(H,27,30,34)/t16?,22-/m1/s1. The molecular weight excluding hydrogens is 508 g/mol. The van der Waals surface area contributed by atoms with Gasteiger partial charge in [-0.1, -0.05) is 43.2 Å². The van der Waals surface area contributed by atoms with Crippen molar-refractivity contribution in [1.29, 1.82) is 0 Å². The fourth-order valence-corrected chi connectivity index (χ4v) is 6.11. The summed E-state index contributed by atoms with van der Waals surface area (Å²) in [5.74, 6) is 1.28. The maximum Gasteiger partial charge on any atom is 0.296 e. The summed E-state index contributed by atoms with van der Waals surface area (Å²) in [4.78, 5) is 15.5. The van der Waals surface area contributed by atoms with Gasteiger partial charge in [0.15, 0.2) is 11.6 Å². The van der Waals surface area contributed by atoms with Gasteiger partial charge in [-0.25, -0.2) is 13.1 Å². The second-order valence-electron chi connectivity index (χ2n) is 9.43. The van der Waals surface area contributed by atoms with E-state index in [2.05, 4.69) is 25.0 Å². The number of ether oxygens (including phenoxy) is 1. The van der Waals surface area contributed by atoms with E-state index in [0.717, 1.165) is 25.7 Å². The van der Waals surface area contributed by atoms with E-state index in [9.17, 15) is 18.3 Å². The van der Waals surface area contributed by atoms with Crippen molar-refractivity contribution >= 4 is 15.7 Å². The third-order valence-corrected chi connectivity index (χ3v) is 8.35. The van der Waals surface area contributed by atoms with Gasteiger partial charge >= 0.3 is 0 Å². The van der Waals surface area contributed by atoms with Gasteiger partial charge in [0.2, 0.25) is 15.7 Å². The molecule has 4 aromatic rings. The largest absolute Gasteiger partial charge is 0.493 e. The number of aromatic nitrogens is 5. The Labute approximate surface area is 220 Å². The van der Waals surface area contributed by atoms with E-state index in [0.29, 0.717) is 29.3 Å². The molecule has 3 N–H and O–H groups in total. The van der Waals surface area contributed by atoms with Crippen LogP contribution < -0.4 is 15.0 Å². The highest BCUT2D eigenvalue weighted by atomic mass is 32.2. The lowest BCUT2D eigenvalue weighted by Crippen LogP contribution is -2.37. The highest BCUT2D eigenvalue weighted by Gasteiger charge is 2.27. The Morgan fingerprint density at radius 3 is 2.61 bits per heavy atom. The Morgan fingerprint density at radius 2 is 1.89 bits per heavy atom. The summed E-state index contributed by atoms with van der Waals surface area (Å²) in [5.41, 5.74) is 0.496. The molecule has 1 saturated carbocycles. The minimum atomic E-state index is -4.05. The van der Waals surface area contributed by atoms with Crippen molar-refractivity contribution in [1.82, 2.24) is 29.5 Å². The molecule has 0 spiro atoms. The van der Waals surface area contributed by atoms with E-state index in [1.54, 1.807) is 38.1 Å². The number of aliphatic hydroxyl groups excluding tert-OH is 1. The van der Waals surface area contributed by atoms with Crippen LogP contribution in [0.2, 0.25) is 0 Å². The Bertz CT molecular complexity index is 1600. The van der Waals surface area contributed by atoms with Gasteiger partial charge in [-0.2, -0.15) is 4.52 Å². The highest BCUT2D eigenvalue weighted by Crippen LogP contribution is 2.34. The van der Waals surface area contributed by atoms with E-state index in [1.807, 2.05) is 6.07 Å². The van der Waals surface area contributed by atoms with Gasteiger partial charge in [0.1, 0.15) is 5.75 Å². The number of benzene rings is 2. The summed E-state index contributed by atoms with van der Waals surface area (Å²) >= 11 is 0. The molecular formula is C26H30N6O5S. The van der Waals surface area contributed by atoms with Crippen LogP contribution in [0.3, 0.4) is 0 Å². The summed E-state index contributed by atoms with van der Waals surface area (Å²) < 4.78 is 36.4. The summed E-state index contributed by atoms with van der Waals surface area (Å²) in [6, 6.07) is 12.4. The van der Waals surface area contributed by atoms with Crippen LogP contribution in [0, 0.1) is 0 Å². The van der Waals surface area contributed by atoms with Crippen LogP contribution in [0.25, 0.3) is 17.0 Å². The lowest BCUT2D eigenvalue weighted by atomic mass is 10.0. The number of hydrogen-bond donors (Lipinski definition) is 3. The lowest BCUT2D eigenvalue weighted by Gasteiger charge is -2.21. The van der Waals surface area contributed by atoms with E-state index in [4.69, 9.17) is 4.74 Å². The molecule has 38 heavy (non-hydrogen) atoms. The number of aliphatic hydroxyl groups is 1. The molecule has 0 amide bonds. The number of nitrogens with one attached hydrogen (secondary N) is 2. The van der Waals surface area contributed by atoms with Crippen molar-refractivity contribution in [2.24, 2.45) is 0 Å². The van der Waals surface area contributed by atoms with Crippen molar-refractivity contribution in [2.45, 2.75) is 62.5 Å². The maximum atomic E-state index is 13.3. The second-order valence-corrected chi connectivity index (χ2v) is 11.1. The fraction of sp³-hybridized carbons (Fsp3) is 0.385. The minimum absolute atomic E-state index is 0.0643. The van der Waals surface area contributed by atoms with E-state index < -0.39 is 27.7 Å². The molecule has 1 aliphatic carbocycles. The average Bonchev–Trinajstić information content (AvgIpc) is 3.59. The number of aromatic amines is 1. The maximum absolute atomic E-state index is 13.3. The second kappa shape index (κ2) is 10.6. The van der Waals surface area contributed by atoms with E-state index >= 15 is 0 Å². The fourth-order valence-electron chi connectivity index (χ4n) is 4.84. The van der Waals surface area contributed by atoms with Crippen molar-refractivity contribution in [3.63, 3.8) is 0 Å². The molecule has 2 atom stereocenters. The molecule has 0 saturated heterocycles. The lowest BCUT2D eigenvalue weighted by molar-refractivity contribution is 0.146. The van der Waals surface area contributed by atoms with Gasteiger partial charge in [0.05, 0.1) is 23.2 Å². The molecule has 11 nitrogen and oxygen atoms in total. The summed E-state index contributed by atoms with van der Waals surface area (Å²) in [5, 5.41) is 23.5. The zero-order chi connectivity index (χ0) is 26.9. The normalized spacial score (nSPS) is 16.1. The first-order chi connectivity index (χ1) is 18.3. The van der Waals surface area contributed by atoms with Crippen LogP contribution in [0.15, 0.2) is 58.2 Å². The van der Waals surface area contributed by atoms with Crippen LogP contribution in [-0.2, 0) is 10.0 Å². The van der Waals surface area contributed by atoms with Crippen molar-refractivity contribution < 1.29 is 18.3 Å². The highest BCUT2D eigenvalue weighted by molar-refractivity contribution is 7.89. The molecule has 1 fully saturated rings. The zero-order valence-electron chi connectivity index (χ0n) is 21.2. The number of H-pyrrole nitrogens is 1. The van der Waals surface area contributed by atoms with Crippen LogP contribution in [0.1, 0.15) is 62.9 Å². The van der Waals surface area contributed by atoms with Crippen molar-refractivity contribution in [3.05, 3.63) is 70.3 Å². The summed E-state index contributed by atoms with van der Waals surface area (Å²) in [6.45, 7) is 3.72. The molecule has 200 valence electrons. The average molecular weight is 539 g/mol. The van der Waals surface area contributed by atoms with Crippen LogP contribution in [0.5, 0.6) is 5.75 Å². The number of sulfonamides is 1. The molecule has 2 aromatic carbocycles. The molecule has 5 rings (SSSR count). The molecule has 0 bridgehead atoms. The number of rotatable bonds is 9. The molecule has 2 heterocycles. The Balaban J connectivity index is 1.53. The van der Waals surface area contributed by atoms with Crippen LogP contribution in [0.4, 0.5) is 0 Å². The third-order valence-electron chi connectivity index (χ3n) is 6.79. The van der Waals surface area contributed by atoms with Gasteiger partial charge in [-0.3, -0.25) is 4.79 Å². The van der Waals surface area contributed by atoms with Crippen molar-refractivity contribution in [3.8, 4) is 17.1 Å². The molecule has 2 aromatic heterocycles. The predicted octanol–water partition coefficient (Wildman–Crippen LogP) is 2.94. The van der Waals surface area contributed by atoms with Gasteiger partial charge in [-0.15, -0.1) is 15.3 Å². The van der Waals surface area contributed by atoms with Crippen LogP contribution in [-0.4, -0.2) is 51.0 Å².